The Labute approximate surface area is 172 Å². The quantitative estimate of drug-likeness (QED) is 0.625. The van der Waals surface area contributed by atoms with E-state index in [1.165, 1.54) is 16.9 Å². The minimum atomic E-state index is -1.04. The van der Waals surface area contributed by atoms with Crippen LogP contribution < -0.4 is 5.32 Å². The standard InChI is InChI=1S/C23H20N2O3S/c26-21(13-18-14-29-22(24-18)16-7-2-1-3-8-16)25-20(23(27)28)12-17-11-10-15-6-4-5-9-19(15)17/h1-9,11,14,20H,10,12-13H2,(H,25,26)(H,27,28)/t20-/m0/s1. The van der Waals surface area contributed by atoms with Gasteiger partial charge in [-0.2, -0.15) is 0 Å². The Hall–Kier alpha value is -3.25. The Balaban J connectivity index is 1.40. The molecule has 146 valence electrons. The van der Waals surface area contributed by atoms with Gasteiger partial charge in [-0.05, 0) is 23.1 Å². The second-order valence-electron chi connectivity index (χ2n) is 6.94. The number of carboxylic acids is 1. The Kier molecular flexibility index (Phi) is 5.53. The van der Waals surface area contributed by atoms with Gasteiger partial charge in [0.05, 0.1) is 12.1 Å². The first-order chi connectivity index (χ1) is 14.1. The normalized spacial score (nSPS) is 13.4. The van der Waals surface area contributed by atoms with Crippen LogP contribution in [0.15, 0.2) is 66.1 Å². The number of benzene rings is 2. The summed E-state index contributed by atoms with van der Waals surface area (Å²) < 4.78 is 0. The Morgan fingerprint density at radius 1 is 1.10 bits per heavy atom. The SMILES string of the molecule is O=C(Cc1csc(-c2ccccc2)n1)N[C@@H](CC1=CCc2ccccc21)C(=O)O. The molecule has 1 heterocycles. The molecule has 1 aliphatic carbocycles. The molecule has 2 aromatic carbocycles. The summed E-state index contributed by atoms with van der Waals surface area (Å²) in [6.07, 6.45) is 3.17. The van der Waals surface area contributed by atoms with Crippen LogP contribution in [0.5, 0.6) is 0 Å². The van der Waals surface area contributed by atoms with E-state index in [9.17, 15) is 14.7 Å². The number of thiazole rings is 1. The zero-order valence-corrected chi connectivity index (χ0v) is 16.5. The molecule has 0 unspecified atom stereocenters. The minimum Gasteiger partial charge on any atom is -0.480 e. The molecule has 1 aliphatic rings. The largest absolute Gasteiger partial charge is 0.480 e. The smallest absolute Gasteiger partial charge is 0.326 e. The highest BCUT2D eigenvalue weighted by atomic mass is 32.1. The molecule has 0 radical (unpaired) electrons. The number of nitrogens with zero attached hydrogens (tertiary/aromatic N) is 1. The lowest BCUT2D eigenvalue weighted by Gasteiger charge is -2.16. The first kappa shape index (κ1) is 19.1. The van der Waals surface area contributed by atoms with Crippen molar-refractivity contribution in [2.24, 2.45) is 0 Å². The first-order valence-corrected chi connectivity index (χ1v) is 10.3. The van der Waals surface area contributed by atoms with Crippen LogP contribution in [0.3, 0.4) is 0 Å². The van der Waals surface area contributed by atoms with Crippen LogP contribution in [0.25, 0.3) is 16.1 Å². The highest BCUT2D eigenvalue weighted by Gasteiger charge is 2.24. The van der Waals surface area contributed by atoms with E-state index in [4.69, 9.17) is 0 Å². The molecule has 0 aliphatic heterocycles. The number of rotatable bonds is 7. The highest BCUT2D eigenvalue weighted by molar-refractivity contribution is 7.13. The van der Waals surface area contributed by atoms with Gasteiger partial charge in [0.2, 0.25) is 5.91 Å². The van der Waals surface area contributed by atoms with Gasteiger partial charge in [0.25, 0.3) is 0 Å². The van der Waals surface area contributed by atoms with Crippen LogP contribution in [0.2, 0.25) is 0 Å². The topological polar surface area (TPSA) is 79.3 Å². The third-order valence-electron chi connectivity index (χ3n) is 4.90. The van der Waals surface area contributed by atoms with Crippen molar-refractivity contribution in [3.8, 4) is 10.6 Å². The predicted molar refractivity (Wildman–Crippen MR) is 114 cm³/mol. The summed E-state index contributed by atoms with van der Waals surface area (Å²) in [5.74, 6) is -1.37. The summed E-state index contributed by atoms with van der Waals surface area (Å²) in [7, 11) is 0. The maximum Gasteiger partial charge on any atom is 0.326 e. The molecule has 0 spiro atoms. The Bertz CT molecular complexity index is 1070. The molecule has 2 N–H and O–H groups in total. The molecular formula is C23H20N2O3S. The van der Waals surface area contributed by atoms with Gasteiger partial charge in [-0.1, -0.05) is 60.7 Å². The summed E-state index contributed by atoms with van der Waals surface area (Å²) >= 11 is 1.47. The molecule has 29 heavy (non-hydrogen) atoms. The van der Waals surface area contributed by atoms with Gasteiger partial charge < -0.3 is 10.4 Å². The monoisotopic (exact) mass is 404 g/mol. The maximum absolute atomic E-state index is 12.5. The number of hydrogen-bond donors (Lipinski definition) is 2. The van der Waals surface area contributed by atoms with E-state index in [1.54, 1.807) is 0 Å². The van der Waals surface area contributed by atoms with Crippen LogP contribution in [-0.4, -0.2) is 28.0 Å². The second kappa shape index (κ2) is 8.41. The summed E-state index contributed by atoms with van der Waals surface area (Å²) in [6, 6.07) is 16.7. The fourth-order valence-electron chi connectivity index (χ4n) is 3.48. The van der Waals surface area contributed by atoms with E-state index in [0.29, 0.717) is 5.69 Å². The second-order valence-corrected chi connectivity index (χ2v) is 7.80. The van der Waals surface area contributed by atoms with Crippen molar-refractivity contribution in [1.82, 2.24) is 10.3 Å². The zero-order valence-electron chi connectivity index (χ0n) is 15.7. The van der Waals surface area contributed by atoms with E-state index in [1.807, 2.05) is 66.1 Å². The van der Waals surface area contributed by atoms with Crippen LogP contribution in [-0.2, 0) is 22.4 Å². The van der Waals surface area contributed by atoms with Crippen LogP contribution >= 0.6 is 11.3 Å². The highest BCUT2D eigenvalue weighted by Crippen LogP contribution is 2.30. The number of aliphatic carboxylic acids is 1. The van der Waals surface area contributed by atoms with Gasteiger partial charge in [0.1, 0.15) is 11.0 Å². The third-order valence-corrected chi connectivity index (χ3v) is 5.84. The van der Waals surface area contributed by atoms with Crippen LogP contribution in [0.1, 0.15) is 23.2 Å². The third kappa shape index (κ3) is 4.43. The molecule has 0 saturated heterocycles. The molecule has 4 rings (SSSR count). The fourth-order valence-corrected chi connectivity index (χ4v) is 4.31. The maximum atomic E-state index is 12.5. The molecule has 1 amide bonds. The molecule has 5 nitrogen and oxygen atoms in total. The lowest BCUT2D eigenvalue weighted by molar-refractivity contribution is -0.141. The number of aromatic nitrogens is 1. The lowest BCUT2D eigenvalue weighted by atomic mass is 9.99. The van der Waals surface area contributed by atoms with Crippen molar-refractivity contribution < 1.29 is 14.7 Å². The van der Waals surface area contributed by atoms with Gasteiger partial charge in [-0.25, -0.2) is 9.78 Å². The Morgan fingerprint density at radius 3 is 2.66 bits per heavy atom. The van der Waals surface area contributed by atoms with Crippen molar-refractivity contribution in [3.63, 3.8) is 0 Å². The molecule has 1 atom stereocenters. The minimum absolute atomic E-state index is 0.0583. The van der Waals surface area contributed by atoms with E-state index in [-0.39, 0.29) is 18.7 Å². The van der Waals surface area contributed by atoms with Crippen molar-refractivity contribution in [3.05, 3.63) is 82.9 Å². The van der Waals surface area contributed by atoms with Crippen molar-refractivity contribution in [1.29, 1.82) is 0 Å². The summed E-state index contributed by atoms with van der Waals surface area (Å²) in [5.41, 5.74) is 4.86. The number of nitrogens with one attached hydrogen (secondary N) is 1. The molecule has 0 saturated carbocycles. The number of hydrogen-bond acceptors (Lipinski definition) is 4. The predicted octanol–water partition coefficient (Wildman–Crippen LogP) is 3.95. The molecule has 0 fully saturated rings. The fraction of sp³-hybridized carbons (Fsp3) is 0.174. The Morgan fingerprint density at radius 2 is 1.86 bits per heavy atom. The number of allylic oxidation sites excluding steroid dienone is 1. The molecule has 6 heteroatoms. The first-order valence-electron chi connectivity index (χ1n) is 9.39. The van der Waals surface area contributed by atoms with Crippen LogP contribution in [0.4, 0.5) is 0 Å². The average Bonchev–Trinajstić information content (AvgIpc) is 3.35. The summed E-state index contributed by atoms with van der Waals surface area (Å²) in [6.45, 7) is 0. The average molecular weight is 404 g/mol. The molecule has 1 aromatic heterocycles. The van der Waals surface area contributed by atoms with E-state index in [0.717, 1.165) is 28.1 Å². The van der Waals surface area contributed by atoms with Crippen molar-refractivity contribution in [2.45, 2.75) is 25.3 Å². The van der Waals surface area contributed by atoms with Gasteiger partial charge in [0.15, 0.2) is 0 Å². The summed E-state index contributed by atoms with van der Waals surface area (Å²) in [4.78, 5) is 28.7. The van der Waals surface area contributed by atoms with E-state index < -0.39 is 12.0 Å². The van der Waals surface area contributed by atoms with Gasteiger partial charge in [-0.3, -0.25) is 4.79 Å². The molecule has 0 bridgehead atoms. The zero-order chi connectivity index (χ0) is 20.2. The van der Waals surface area contributed by atoms with Crippen LogP contribution in [0, 0.1) is 0 Å². The number of carboxylic acid groups (broad SMARTS) is 1. The molecule has 3 aromatic rings. The molecular weight excluding hydrogens is 384 g/mol. The number of carbonyl (C=O) groups is 2. The van der Waals surface area contributed by atoms with Crippen molar-refractivity contribution >= 4 is 28.8 Å². The number of amides is 1. The summed E-state index contributed by atoms with van der Waals surface area (Å²) in [5, 5.41) is 14.9. The van der Waals surface area contributed by atoms with E-state index in [2.05, 4.69) is 10.3 Å². The number of fused-ring (bicyclic) bond motifs is 1. The van der Waals surface area contributed by atoms with Gasteiger partial charge in [0, 0.05) is 17.4 Å². The van der Waals surface area contributed by atoms with Crippen molar-refractivity contribution in [2.75, 3.05) is 0 Å². The number of carbonyl (C=O) groups excluding carboxylic acids is 1. The van der Waals surface area contributed by atoms with Gasteiger partial charge in [-0.15, -0.1) is 11.3 Å². The van der Waals surface area contributed by atoms with Gasteiger partial charge >= 0.3 is 5.97 Å². The van der Waals surface area contributed by atoms with E-state index >= 15 is 0 Å². The lowest BCUT2D eigenvalue weighted by Crippen LogP contribution is -2.41.